The molecule has 0 unspecified atom stereocenters. The third-order valence-electron chi connectivity index (χ3n) is 5.41. The predicted octanol–water partition coefficient (Wildman–Crippen LogP) is 5.31. The van der Waals surface area contributed by atoms with Crippen LogP contribution in [0, 0.1) is 0 Å². The maximum absolute atomic E-state index is 13.3. The third kappa shape index (κ3) is 3.69. The fourth-order valence-electron chi connectivity index (χ4n) is 3.82. The quantitative estimate of drug-likeness (QED) is 0.634. The molecule has 2 heterocycles. The molecule has 160 valence electrons. The zero-order valence-electron chi connectivity index (χ0n) is 17.3. The summed E-state index contributed by atoms with van der Waals surface area (Å²) in [5.74, 6) is -1.10. The van der Waals surface area contributed by atoms with Crippen molar-refractivity contribution in [3.63, 3.8) is 0 Å². The monoisotopic (exact) mass is 449 g/mol. The summed E-state index contributed by atoms with van der Waals surface area (Å²) in [7, 11) is 0. The van der Waals surface area contributed by atoms with Crippen LogP contribution in [0.1, 0.15) is 38.3 Å². The molecule has 2 aliphatic rings. The molecule has 0 radical (unpaired) electrons. The van der Waals surface area contributed by atoms with E-state index in [4.69, 9.17) is 37.4 Å². The van der Waals surface area contributed by atoms with Gasteiger partial charge in [0.25, 0.3) is 11.7 Å². The zero-order chi connectivity index (χ0) is 21.5. The van der Waals surface area contributed by atoms with Gasteiger partial charge in [0.15, 0.2) is 0 Å². The number of rotatable bonds is 4. The van der Waals surface area contributed by atoms with E-state index in [9.17, 15) is 4.79 Å². The van der Waals surface area contributed by atoms with Gasteiger partial charge in [0.2, 0.25) is 0 Å². The fourth-order valence-corrected chi connectivity index (χ4v) is 4.36. The van der Waals surface area contributed by atoms with Crippen LogP contribution in [0.5, 0.6) is 5.75 Å². The minimum Gasteiger partial charge on any atom is -0.492 e. The topological polar surface area (TPSA) is 48.0 Å². The Kier molecular flexibility index (Phi) is 5.75. The summed E-state index contributed by atoms with van der Waals surface area (Å²) in [5.41, 5.74) is 2.32. The van der Waals surface area contributed by atoms with Crippen LogP contribution in [-0.2, 0) is 25.5 Å². The number of amides is 1. The van der Waals surface area contributed by atoms with E-state index in [1.807, 2.05) is 12.1 Å². The molecule has 1 amide bonds. The fraction of sp³-hybridized carbons (Fsp3) is 0.435. The number of halogens is 2. The van der Waals surface area contributed by atoms with Gasteiger partial charge in [-0.1, -0.05) is 56.1 Å². The molecule has 1 spiro atoms. The van der Waals surface area contributed by atoms with Gasteiger partial charge in [-0.25, -0.2) is 0 Å². The predicted molar refractivity (Wildman–Crippen MR) is 118 cm³/mol. The molecule has 7 heteroatoms. The molecular formula is C23H25Cl2NO4. The number of nitrogens with zero attached hydrogens (tertiary/aromatic N) is 1. The Labute approximate surface area is 186 Å². The highest BCUT2D eigenvalue weighted by Crippen LogP contribution is 2.51. The molecule has 0 N–H and O–H groups in total. The van der Waals surface area contributed by atoms with Gasteiger partial charge in [-0.15, -0.1) is 0 Å². The number of ether oxygens (including phenoxy) is 3. The molecule has 0 bridgehead atoms. The van der Waals surface area contributed by atoms with E-state index in [2.05, 4.69) is 32.9 Å². The molecule has 1 saturated heterocycles. The lowest BCUT2D eigenvalue weighted by atomic mass is 9.87. The number of anilines is 1. The van der Waals surface area contributed by atoms with Crippen LogP contribution in [0.4, 0.5) is 5.69 Å². The van der Waals surface area contributed by atoms with Crippen molar-refractivity contribution in [1.82, 2.24) is 0 Å². The summed E-state index contributed by atoms with van der Waals surface area (Å²) in [6.07, 6.45) is 0.718. The molecule has 2 aromatic carbocycles. The molecule has 0 aliphatic carbocycles. The van der Waals surface area contributed by atoms with E-state index < -0.39 is 5.79 Å². The van der Waals surface area contributed by atoms with E-state index in [1.54, 1.807) is 17.0 Å². The summed E-state index contributed by atoms with van der Waals surface area (Å²) >= 11 is 12.9. The highest BCUT2D eigenvalue weighted by molar-refractivity contribution is 6.38. The van der Waals surface area contributed by atoms with Crippen molar-refractivity contribution in [3.05, 3.63) is 57.6 Å². The van der Waals surface area contributed by atoms with Crippen molar-refractivity contribution >= 4 is 34.8 Å². The maximum Gasteiger partial charge on any atom is 0.292 e. The normalized spacial score (nSPS) is 18.0. The van der Waals surface area contributed by atoms with Crippen molar-refractivity contribution in [2.24, 2.45) is 0 Å². The maximum atomic E-state index is 13.3. The highest BCUT2D eigenvalue weighted by atomic mass is 35.5. The smallest absolute Gasteiger partial charge is 0.292 e. The first kappa shape index (κ1) is 21.4. The van der Waals surface area contributed by atoms with E-state index in [1.165, 1.54) is 5.56 Å². The standard InChI is InChI=1S/C23H25Cl2NO4/c1-22(2,3)15-5-7-16(8-6-15)28-14-11-26-20-18(25)10-9-17(24)19(20)23(21(26)27)29-12-4-13-30-23/h5-10H,4,11-14H2,1-3H3. The number of benzene rings is 2. The second-order valence-electron chi connectivity index (χ2n) is 8.50. The minimum absolute atomic E-state index is 0.0779. The van der Waals surface area contributed by atoms with Crippen LogP contribution in [-0.4, -0.2) is 32.3 Å². The van der Waals surface area contributed by atoms with E-state index in [0.717, 1.165) is 12.2 Å². The molecule has 5 nitrogen and oxygen atoms in total. The van der Waals surface area contributed by atoms with E-state index in [-0.39, 0.29) is 11.3 Å². The summed E-state index contributed by atoms with van der Waals surface area (Å²) in [6, 6.07) is 11.3. The largest absolute Gasteiger partial charge is 0.492 e. The van der Waals surface area contributed by atoms with Crippen molar-refractivity contribution < 1.29 is 19.0 Å². The Morgan fingerprint density at radius 3 is 2.30 bits per heavy atom. The Morgan fingerprint density at radius 1 is 1.03 bits per heavy atom. The second kappa shape index (κ2) is 8.04. The average molecular weight is 450 g/mol. The Morgan fingerprint density at radius 2 is 1.67 bits per heavy atom. The first-order valence-electron chi connectivity index (χ1n) is 10.1. The summed E-state index contributed by atoms with van der Waals surface area (Å²) < 4.78 is 17.6. The van der Waals surface area contributed by atoms with Crippen molar-refractivity contribution in [1.29, 1.82) is 0 Å². The number of carbonyl (C=O) groups excluding carboxylic acids is 1. The number of fused-ring (bicyclic) bond motifs is 2. The number of hydrogen-bond donors (Lipinski definition) is 0. The van der Waals surface area contributed by atoms with Gasteiger partial charge in [-0.05, 0) is 41.7 Å². The lowest BCUT2D eigenvalue weighted by Crippen LogP contribution is -2.48. The van der Waals surface area contributed by atoms with Crippen LogP contribution in [0.2, 0.25) is 10.0 Å². The first-order chi connectivity index (χ1) is 14.2. The van der Waals surface area contributed by atoms with Crippen LogP contribution >= 0.6 is 23.2 Å². The van der Waals surface area contributed by atoms with Crippen LogP contribution < -0.4 is 9.64 Å². The number of hydrogen-bond acceptors (Lipinski definition) is 4. The van der Waals surface area contributed by atoms with Crippen LogP contribution in [0.25, 0.3) is 0 Å². The Hall–Kier alpha value is -1.79. The van der Waals surface area contributed by atoms with Crippen molar-refractivity contribution in [3.8, 4) is 5.75 Å². The highest BCUT2D eigenvalue weighted by Gasteiger charge is 2.56. The molecule has 0 saturated carbocycles. The molecule has 0 aromatic heterocycles. The zero-order valence-corrected chi connectivity index (χ0v) is 18.8. The van der Waals surface area contributed by atoms with Crippen LogP contribution in [0.3, 0.4) is 0 Å². The summed E-state index contributed by atoms with van der Waals surface area (Å²) in [5, 5.41) is 0.817. The molecule has 4 rings (SSSR count). The number of carbonyl (C=O) groups is 1. The van der Waals surface area contributed by atoms with E-state index >= 15 is 0 Å². The molecule has 30 heavy (non-hydrogen) atoms. The van der Waals surface area contributed by atoms with Gasteiger partial charge < -0.3 is 19.1 Å². The first-order valence-corrected chi connectivity index (χ1v) is 10.8. The Balaban J connectivity index is 1.54. The SMILES string of the molecule is CC(C)(C)c1ccc(OCCN2C(=O)C3(OCCCO3)c3c(Cl)ccc(Cl)c32)cc1. The molecular weight excluding hydrogens is 425 g/mol. The molecule has 1 fully saturated rings. The summed E-state index contributed by atoms with van der Waals surface area (Å²) in [4.78, 5) is 14.9. The summed E-state index contributed by atoms with van der Waals surface area (Å²) in [6.45, 7) is 7.91. The van der Waals surface area contributed by atoms with Gasteiger partial charge in [0, 0.05) is 0 Å². The molecule has 2 aliphatic heterocycles. The van der Waals surface area contributed by atoms with Gasteiger partial charge in [0.05, 0.1) is 41.1 Å². The third-order valence-corrected chi connectivity index (χ3v) is 6.03. The average Bonchev–Trinajstić information content (AvgIpc) is 2.95. The second-order valence-corrected chi connectivity index (χ2v) is 9.31. The lowest BCUT2D eigenvalue weighted by Gasteiger charge is -2.32. The van der Waals surface area contributed by atoms with Gasteiger partial charge in [-0.3, -0.25) is 4.79 Å². The Bertz CT molecular complexity index is 947. The van der Waals surface area contributed by atoms with Crippen molar-refractivity contribution in [2.75, 3.05) is 31.3 Å². The van der Waals surface area contributed by atoms with E-state index in [0.29, 0.717) is 47.7 Å². The molecule has 2 aromatic rings. The molecule has 0 atom stereocenters. The van der Waals surface area contributed by atoms with Crippen LogP contribution in [0.15, 0.2) is 36.4 Å². The van der Waals surface area contributed by atoms with Gasteiger partial charge >= 0.3 is 0 Å². The van der Waals surface area contributed by atoms with Crippen molar-refractivity contribution in [2.45, 2.75) is 38.4 Å². The van der Waals surface area contributed by atoms with Gasteiger partial charge in [0.1, 0.15) is 12.4 Å². The van der Waals surface area contributed by atoms with Gasteiger partial charge in [-0.2, -0.15) is 0 Å². The minimum atomic E-state index is -1.52. The lowest BCUT2D eigenvalue weighted by molar-refractivity contribution is -0.256.